The van der Waals surface area contributed by atoms with Crippen LogP contribution in [0.4, 0.5) is 0 Å². The quantitative estimate of drug-likeness (QED) is 0.586. The number of nitrogens with zero attached hydrogens (tertiary/aromatic N) is 4. The van der Waals surface area contributed by atoms with Crippen LogP contribution in [0.2, 0.25) is 5.02 Å². The maximum absolute atomic E-state index is 6.34. The molecule has 1 aromatic heterocycles. The highest BCUT2D eigenvalue weighted by Crippen LogP contribution is 2.22. The highest BCUT2D eigenvalue weighted by molar-refractivity contribution is 6.31. The first-order chi connectivity index (χ1) is 13.0. The summed E-state index contributed by atoms with van der Waals surface area (Å²) in [5.74, 6) is 2.39. The van der Waals surface area contributed by atoms with Gasteiger partial charge in [-0.2, -0.15) is 0 Å². The van der Waals surface area contributed by atoms with Gasteiger partial charge in [0, 0.05) is 25.2 Å². The summed E-state index contributed by atoms with van der Waals surface area (Å²) in [5.41, 5.74) is 1.03. The van der Waals surface area contributed by atoms with Crippen LogP contribution in [0.25, 0.3) is 0 Å². The smallest absolute Gasteiger partial charge is 0.192 e. The lowest BCUT2D eigenvalue weighted by Crippen LogP contribution is -2.42. The van der Waals surface area contributed by atoms with Crippen molar-refractivity contribution in [1.82, 2.24) is 25.4 Å². The molecule has 0 bridgehead atoms. The molecule has 1 aliphatic rings. The van der Waals surface area contributed by atoms with E-state index in [2.05, 4.69) is 27.8 Å². The number of aliphatic imine (C=N–C) groups is 1. The maximum atomic E-state index is 6.34. The zero-order valence-electron chi connectivity index (χ0n) is 16.1. The topological polar surface area (TPSA) is 76.4 Å². The summed E-state index contributed by atoms with van der Waals surface area (Å²) < 4.78 is 7.65. The van der Waals surface area contributed by atoms with Crippen LogP contribution in [0.15, 0.2) is 29.3 Å². The highest BCUT2D eigenvalue weighted by atomic mass is 35.5. The largest absolute Gasteiger partial charge is 0.376 e. The number of aromatic nitrogens is 3. The van der Waals surface area contributed by atoms with Crippen LogP contribution in [0.1, 0.15) is 43.0 Å². The van der Waals surface area contributed by atoms with Crippen molar-refractivity contribution in [3.63, 3.8) is 0 Å². The number of aryl methyl sites for hydroxylation is 1. The van der Waals surface area contributed by atoms with Gasteiger partial charge in [-0.15, -0.1) is 10.2 Å². The second-order valence-electron chi connectivity index (χ2n) is 6.79. The second-order valence-corrected chi connectivity index (χ2v) is 7.20. The number of ether oxygens (including phenoxy) is 1. The number of nitrogens with one attached hydrogen (secondary N) is 2. The predicted molar refractivity (Wildman–Crippen MR) is 107 cm³/mol. The van der Waals surface area contributed by atoms with E-state index in [0.717, 1.165) is 48.2 Å². The van der Waals surface area contributed by atoms with Gasteiger partial charge in [0.1, 0.15) is 12.4 Å². The molecule has 1 saturated heterocycles. The Morgan fingerprint density at radius 1 is 1.41 bits per heavy atom. The van der Waals surface area contributed by atoms with Gasteiger partial charge >= 0.3 is 0 Å². The molecule has 1 aliphatic heterocycles. The van der Waals surface area contributed by atoms with E-state index in [-0.39, 0.29) is 12.1 Å². The molecule has 2 atom stereocenters. The monoisotopic (exact) mass is 390 g/mol. The molecule has 8 heteroatoms. The SMILES string of the molecule is Cc1nnc(CN=C(NCC2CCCO2)NC(C)c2ccccc2Cl)n1C. The van der Waals surface area contributed by atoms with Crippen LogP contribution in [0.5, 0.6) is 0 Å². The number of hydrogen-bond acceptors (Lipinski definition) is 4. The van der Waals surface area contributed by atoms with Crippen molar-refractivity contribution in [2.75, 3.05) is 13.2 Å². The fraction of sp³-hybridized carbons (Fsp3) is 0.526. The highest BCUT2D eigenvalue weighted by Gasteiger charge is 2.17. The minimum Gasteiger partial charge on any atom is -0.376 e. The van der Waals surface area contributed by atoms with E-state index in [1.165, 1.54) is 0 Å². The molecule has 0 radical (unpaired) electrons. The number of guanidine groups is 1. The fourth-order valence-electron chi connectivity index (χ4n) is 3.02. The van der Waals surface area contributed by atoms with Gasteiger partial charge in [0.2, 0.25) is 0 Å². The Balaban J connectivity index is 1.70. The van der Waals surface area contributed by atoms with Crippen LogP contribution in [-0.4, -0.2) is 40.0 Å². The molecule has 1 fully saturated rings. The van der Waals surface area contributed by atoms with Crippen molar-refractivity contribution in [3.8, 4) is 0 Å². The van der Waals surface area contributed by atoms with Gasteiger partial charge in [-0.05, 0) is 38.3 Å². The van der Waals surface area contributed by atoms with Crippen LogP contribution >= 0.6 is 11.6 Å². The minimum absolute atomic E-state index is 0.00989. The molecule has 1 aromatic carbocycles. The van der Waals surface area contributed by atoms with Crippen molar-refractivity contribution in [2.45, 2.75) is 45.4 Å². The van der Waals surface area contributed by atoms with E-state index in [1.807, 2.05) is 42.8 Å². The Hall–Kier alpha value is -2.12. The standard InChI is InChI=1S/C19H27ClN6O/c1-13(16-8-4-5-9-17(16)20)23-19(21-11-15-7-6-10-27-15)22-12-18-25-24-14(2)26(18)3/h4-5,8-9,13,15H,6-7,10-12H2,1-3H3,(H2,21,22,23). The Morgan fingerprint density at radius 2 is 2.22 bits per heavy atom. The van der Waals surface area contributed by atoms with Crippen LogP contribution in [0, 0.1) is 6.92 Å². The number of hydrogen-bond donors (Lipinski definition) is 2. The van der Waals surface area contributed by atoms with Crippen LogP contribution < -0.4 is 10.6 Å². The lowest BCUT2D eigenvalue weighted by Gasteiger charge is -2.21. The van der Waals surface area contributed by atoms with Crippen molar-refractivity contribution in [2.24, 2.45) is 12.0 Å². The Bertz CT molecular complexity index is 784. The van der Waals surface area contributed by atoms with Gasteiger partial charge in [-0.25, -0.2) is 4.99 Å². The third-order valence-corrected chi connectivity index (χ3v) is 5.15. The molecule has 0 spiro atoms. The second kappa shape index (κ2) is 9.19. The lowest BCUT2D eigenvalue weighted by atomic mass is 10.1. The first kappa shape index (κ1) is 19.6. The average Bonchev–Trinajstić information content (AvgIpc) is 3.29. The Labute approximate surface area is 165 Å². The van der Waals surface area contributed by atoms with Crippen LogP contribution in [0.3, 0.4) is 0 Å². The number of halogens is 1. The summed E-state index contributed by atoms with van der Waals surface area (Å²) in [7, 11) is 1.94. The van der Waals surface area contributed by atoms with Gasteiger partial charge in [-0.3, -0.25) is 0 Å². The number of rotatable bonds is 6. The molecular formula is C19H27ClN6O. The Kier molecular flexibility index (Phi) is 6.68. The van der Waals surface area contributed by atoms with E-state index in [4.69, 9.17) is 21.3 Å². The molecule has 2 N–H and O–H groups in total. The molecule has 27 heavy (non-hydrogen) atoms. The van der Waals surface area contributed by atoms with Gasteiger partial charge in [0.15, 0.2) is 11.8 Å². The molecule has 2 unspecified atom stereocenters. The molecule has 0 saturated carbocycles. The first-order valence-electron chi connectivity index (χ1n) is 9.30. The molecule has 3 rings (SSSR count). The normalized spacial score (nSPS) is 18.5. The molecular weight excluding hydrogens is 364 g/mol. The van der Waals surface area contributed by atoms with Crippen molar-refractivity contribution in [3.05, 3.63) is 46.5 Å². The van der Waals surface area contributed by atoms with Gasteiger partial charge in [-0.1, -0.05) is 29.8 Å². The minimum atomic E-state index is 0.00989. The van der Waals surface area contributed by atoms with Gasteiger partial charge in [0.25, 0.3) is 0 Å². The van der Waals surface area contributed by atoms with Gasteiger partial charge in [0.05, 0.1) is 12.1 Å². The van der Waals surface area contributed by atoms with E-state index in [0.29, 0.717) is 12.5 Å². The van der Waals surface area contributed by atoms with E-state index >= 15 is 0 Å². The summed E-state index contributed by atoms with van der Waals surface area (Å²) in [6, 6.07) is 7.84. The molecule has 146 valence electrons. The summed E-state index contributed by atoms with van der Waals surface area (Å²) >= 11 is 6.34. The molecule has 0 aliphatic carbocycles. The first-order valence-corrected chi connectivity index (χ1v) is 9.68. The zero-order valence-corrected chi connectivity index (χ0v) is 16.8. The predicted octanol–water partition coefficient (Wildman–Crippen LogP) is 2.75. The molecule has 2 heterocycles. The van der Waals surface area contributed by atoms with Crippen molar-refractivity contribution < 1.29 is 4.74 Å². The van der Waals surface area contributed by atoms with E-state index < -0.39 is 0 Å². The lowest BCUT2D eigenvalue weighted by molar-refractivity contribution is 0.113. The molecule has 2 aromatic rings. The van der Waals surface area contributed by atoms with E-state index in [9.17, 15) is 0 Å². The summed E-state index contributed by atoms with van der Waals surface area (Å²) in [5, 5.41) is 15.8. The third kappa shape index (κ3) is 5.20. The summed E-state index contributed by atoms with van der Waals surface area (Å²) in [4.78, 5) is 4.70. The van der Waals surface area contributed by atoms with Gasteiger partial charge < -0.3 is 19.9 Å². The third-order valence-electron chi connectivity index (χ3n) is 4.81. The molecule has 0 amide bonds. The number of benzene rings is 1. The van der Waals surface area contributed by atoms with E-state index in [1.54, 1.807) is 0 Å². The summed E-state index contributed by atoms with van der Waals surface area (Å²) in [6.45, 7) is 5.98. The summed E-state index contributed by atoms with van der Waals surface area (Å²) in [6.07, 6.45) is 2.41. The van der Waals surface area contributed by atoms with Crippen LogP contribution in [-0.2, 0) is 18.3 Å². The van der Waals surface area contributed by atoms with Crippen molar-refractivity contribution in [1.29, 1.82) is 0 Å². The van der Waals surface area contributed by atoms with Crippen molar-refractivity contribution >= 4 is 17.6 Å². The average molecular weight is 391 g/mol. The fourth-order valence-corrected chi connectivity index (χ4v) is 3.32. The maximum Gasteiger partial charge on any atom is 0.192 e. The zero-order chi connectivity index (χ0) is 19.2. The Morgan fingerprint density at radius 3 is 2.89 bits per heavy atom. The molecule has 7 nitrogen and oxygen atoms in total.